The van der Waals surface area contributed by atoms with Crippen molar-refractivity contribution in [3.63, 3.8) is 0 Å². The van der Waals surface area contributed by atoms with Gasteiger partial charge in [-0.15, -0.1) is 0 Å². The molecule has 0 aliphatic carbocycles. The van der Waals surface area contributed by atoms with Crippen LogP contribution in [-0.2, 0) is 0 Å². The second kappa shape index (κ2) is 4.49. The molecule has 0 unspecified atom stereocenters. The zero-order chi connectivity index (χ0) is 13.2. The van der Waals surface area contributed by atoms with Crippen molar-refractivity contribution >= 4 is 16.6 Å². The third-order valence-electron chi connectivity index (χ3n) is 3.00. The zero-order valence-electron chi connectivity index (χ0n) is 9.98. The number of pyridine rings is 1. The van der Waals surface area contributed by atoms with E-state index in [1.807, 2.05) is 30.3 Å². The number of non-ortho nitro benzene ring substituents is 1. The van der Waals surface area contributed by atoms with Crippen LogP contribution in [0.25, 0.3) is 22.0 Å². The van der Waals surface area contributed by atoms with Crippen molar-refractivity contribution in [3.8, 4) is 11.1 Å². The molecule has 0 aliphatic rings. The van der Waals surface area contributed by atoms with Crippen molar-refractivity contribution < 1.29 is 4.92 Å². The van der Waals surface area contributed by atoms with Crippen LogP contribution in [0, 0.1) is 10.1 Å². The molecule has 0 radical (unpaired) electrons. The Morgan fingerprint density at radius 1 is 0.947 bits per heavy atom. The van der Waals surface area contributed by atoms with E-state index in [9.17, 15) is 10.1 Å². The topological polar surface area (TPSA) is 56.0 Å². The SMILES string of the molecule is O=[N+]([O-])c1ccc(-c2cnc3ccccc3c2)cc1. The molecule has 0 spiro atoms. The highest BCUT2D eigenvalue weighted by Gasteiger charge is 2.05. The third-order valence-corrected chi connectivity index (χ3v) is 3.00. The predicted molar refractivity (Wildman–Crippen MR) is 73.8 cm³/mol. The summed E-state index contributed by atoms with van der Waals surface area (Å²) >= 11 is 0. The van der Waals surface area contributed by atoms with E-state index < -0.39 is 4.92 Å². The average Bonchev–Trinajstić information content (AvgIpc) is 2.47. The van der Waals surface area contributed by atoms with Crippen LogP contribution in [-0.4, -0.2) is 9.91 Å². The molecular formula is C15H10N2O2. The molecule has 0 atom stereocenters. The van der Waals surface area contributed by atoms with Crippen molar-refractivity contribution in [2.45, 2.75) is 0 Å². The van der Waals surface area contributed by atoms with Crippen molar-refractivity contribution in [3.05, 3.63) is 70.9 Å². The van der Waals surface area contributed by atoms with Gasteiger partial charge in [0.2, 0.25) is 0 Å². The van der Waals surface area contributed by atoms with E-state index in [0.29, 0.717) is 0 Å². The molecule has 3 rings (SSSR count). The number of benzene rings is 2. The molecule has 1 heterocycles. The minimum absolute atomic E-state index is 0.0949. The number of hydrogen-bond donors (Lipinski definition) is 0. The van der Waals surface area contributed by atoms with E-state index in [1.165, 1.54) is 12.1 Å². The highest BCUT2D eigenvalue weighted by atomic mass is 16.6. The van der Waals surface area contributed by atoms with Crippen LogP contribution in [0.5, 0.6) is 0 Å². The molecule has 3 aromatic rings. The van der Waals surface area contributed by atoms with Crippen LogP contribution >= 0.6 is 0 Å². The van der Waals surface area contributed by atoms with Gasteiger partial charge in [0.1, 0.15) is 0 Å². The van der Waals surface area contributed by atoms with E-state index in [4.69, 9.17) is 0 Å². The summed E-state index contributed by atoms with van der Waals surface area (Å²) in [5.41, 5.74) is 2.91. The fourth-order valence-corrected chi connectivity index (χ4v) is 2.00. The van der Waals surface area contributed by atoms with Crippen LogP contribution in [0.15, 0.2) is 60.8 Å². The number of nitro groups is 1. The summed E-state index contributed by atoms with van der Waals surface area (Å²) in [6, 6.07) is 16.4. The van der Waals surface area contributed by atoms with Gasteiger partial charge in [-0.2, -0.15) is 0 Å². The Labute approximate surface area is 109 Å². The molecular weight excluding hydrogens is 240 g/mol. The number of aromatic nitrogens is 1. The maximum absolute atomic E-state index is 10.6. The molecule has 4 nitrogen and oxygen atoms in total. The smallest absolute Gasteiger partial charge is 0.258 e. The minimum atomic E-state index is -0.400. The van der Waals surface area contributed by atoms with E-state index in [-0.39, 0.29) is 5.69 Å². The molecule has 0 saturated carbocycles. The lowest BCUT2D eigenvalue weighted by molar-refractivity contribution is -0.384. The molecule has 0 saturated heterocycles. The molecule has 1 aromatic heterocycles. The summed E-state index contributed by atoms with van der Waals surface area (Å²) in [5, 5.41) is 11.7. The number of fused-ring (bicyclic) bond motifs is 1. The van der Waals surface area contributed by atoms with E-state index in [1.54, 1.807) is 18.3 Å². The fraction of sp³-hybridized carbons (Fsp3) is 0. The predicted octanol–water partition coefficient (Wildman–Crippen LogP) is 3.81. The van der Waals surface area contributed by atoms with Gasteiger partial charge in [-0.05, 0) is 29.8 Å². The summed E-state index contributed by atoms with van der Waals surface area (Å²) in [6.07, 6.45) is 1.78. The Morgan fingerprint density at radius 2 is 1.68 bits per heavy atom. The van der Waals surface area contributed by atoms with E-state index in [0.717, 1.165) is 22.0 Å². The molecule has 0 fully saturated rings. The average molecular weight is 250 g/mol. The molecule has 0 amide bonds. The Morgan fingerprint density at radius 3 is 2.42 bits per heavy atom. The quantitative estimate of drug-likeness (QED) is 0.513. The van der Waals surface area contributed by atoms with Crippen molar-refractivity contribution in [1.82, 2.24) is 4.98 Å². The number of para-hydroxylation sites is 1. The fourth-order valence-electron chi connectivity index (χ4n) is 2.00. The maximum Gasteiger partial charge on any atom is 0.269 e. The zero-order valence-corrected chi connectivity index (χ0v) is 9.98. The van der Waals surface area contributed by atoms with Gasteiger partial charge in [0.25, 0.3) is 5.69 Å². The highest BCUT2D eigenvalue weighted by molar-refractivity contribution is 5.83. The first-order valence-electron chi connectivity index (χ1n) is 5.84. The Hall–Kier alpha value is -2.75. The third kappa shape index (κ3) is 2.15. The van der Waals surface area contributed by atoms with Crippen LogP contribution in [0.3, 0.4) is 0 Å². The summed E-state index contributed by atoms with van der Waals surface area (Å²) < 4.78 is 0. The summed E-state index contributed by atoms with van der Waals surface area (Å²) in [7, 11) is 0. The molecule has 0 aliphatic heterocycles. The number of nitro benzene ring substituents is 1. The largest absolute Gasteiger partial charge is 0.269 e. The Kier molecular flexibility index (Phi) is 2.68. The molecule has 92 valence electrons. The summed E-state index contributed by atoms with van der Waals surface area (Å²) in [5.74, 6) is 0. The second-order valence-electron chi connectivity index (χ2n) is 4.22. The Bertz CT molecular complexity index is 751. The van der Waals surface area contributed by atoms with Gasteiger partial charge in [-0.3, -0.25) is 15.1 Å². The van der Waals surface area contributed by atoms with Gasteiger partial charge in [-0.1, -0.05) is 18.2 Å². The van der Waals surface area contributed by atoms with Gasteiger partial charge in [0.05, 0.1) is 10.4 Å². The van der Waals surface area contributed by atoms with E-state index in [2.05, 4.69) is 4.98 Å². The van der Waals surface area contributed by atoms with Crippen LogP contribution < -0.4 is 0 Å². The van der Waals surface area contributed by atoms with Gasteiger partial charge < -0.3 is 0 Å². The van der Waals surface area contributed by atoms with Gasteiger partial charge in [0.15, 0.2) is 0 Å². The number of rotatable bonds is 2. The second-order valence-corrected chi connectivity index (χ2v) is 4.22. The maximum atomic E-state index is 10.6. The number of hydrogen-bond acceptors (Lipinski definition) is 3. The summed E-state index contributed by atoms with van der Waals surface area (Å²) in [6.45, 7) is 0. The Balaban J connectivity index is 2.06. The van der Waals surface area contributed by atoms with Crippen LogP contribution in [0.2, 0.25) is 0 Å². The molecule has 4 heteroatoms. The van der Waals surface area contributed by atoms with Gasteiger partial charge >= 0.3 is 0 Å². The highest BCUT2D eigenvalue weighted by Crippen LogP contribution is 2.24. The molecule has 0 N–H and O–H groups in total. The normalized spacial score (nSPS) is 10.5. The first-order valence-corrected chi connectivity index (χ1v) is 5.84. The van der Waals surface area contributed by atoms with E-state index >= 15 is 0 Å². The first-order chi connectivity index (χ1) is 9.24. The number of nitrogens with zero attached hydrogens (tertiary/aromatic N) is 2. The van der Waals surface area contributed by atoms with Crippen molar-refractivity contribution in [2.24, 2.45) is 0 Å². The minimum Gasteiger partial charge on any atom is -0.258 e. The molecule has 0 bridgehead atoms. The lowest BCUT2D eigenvalue weighted by Gasteiger charge is -2.03. The lowest BCUT2D eigenvalue weighted by atomic mass is 10.1. The van der Waals surface area contributed by atoms with Crippen LogP contribution in [0.4, 0.5) is 5.69 Å². The van der Waals surface area contributed by atoms with Crippen molar-refractivity contribution in [1.29, 1.82) is 0 Å². The monoisotopic (exact) mass is 250 g/mol. The summed E-state index contributed by atoms with van der Waals surface area (Å²) in [4.78, 5) is 14.6. The van der Waals surface area contributed by atoms with Gasteiger partial charge in [0, 0.05) is 29.3 Å². The van der Waals surface area contributed by atoms with Crippen LogP contribution in [0.1, 0.15) is 0 Å². The molecule has 2 aromatic carbocycles. The lowest BCUT2D eigenvalue weighted by Crippen LogP contribution is -1.87. The standard InChI is InChI=1S/C15H10N2O2/c18-17(19)14-7-5-11(6-8-14)13-9-12-3-1-2-4-15(12)16-10-13/h1-10H. The molecule has 19 heavy (non-hydrogen) atoms. The van der Waals surface area contributed by atoms with Crippen molar-refractivity contribution in [2.75, 3.05) is 0 Å². The van der Waals surface area contributed by atoms with Gasteiger partial charge in [-0.25, -0.2) is 0 Å². The first kappa shape index (κ1) is 11.3.